The van der Waals surface area contributed by atoms with Crippen molar-refractivity contribution in [2.45, 2.75) is 25.7 Å². The minimum absolute atomic E-state index is 0.0630. The molecule has 2 heterocycles. The second-order valence-electron chi connectivity index (χ2n) is 7.71. The number of thiophene rings is 1. The van der Waals surface area contributed by atoms with E-state index in [2.05, 4.69) is 4.99 Å². The average Bonchev–Trinajstić information content (AvgIpc) is 3.20. The summed E-state index contributed by atoms with van der Waals surface area (Å²) in [7, 11) is 1.55. The molecule has 0 spiro atoms. The van der Waals surface area contributed by atoms with Crippen LogP contribution in [0.15, 0.2) is 23.2 Å². The molecule has 8 nitrogen and oxygen atoms in total. The minimum atomic E-state index is -0.428. The summed E-state index contributed by atoms with van der Waals surface area (Å²) in [5.41, 5.74) is 8.05. The van der Waals surface area contributed by atoms with Crippen LogP contribution in [0.4, 0.5) is 5.00 Å². The third-order valence-corrected chi connectivity index (χ3v) is 6.83. The Morgan fingerprint density at radius 1 is 1.22 bits per heavy atom. The van der Waals surface area contributed by atoms with Crippen molar-refractivity contribution in [3.63, 3.8) is 0 Å². The molecule has 1 aromatic carbocycles. The number of benzene rings is 1. The van der Waals surface area contributed by atoms with Gasteiger partial charge in [-0.2, -0.15) is 0 Å². The SMILES string of the molecule is COc1cc(C=Nc2sc3c(c2C(N)=O)CCCC3)ccc1OCC(=O)N1CCOCC1. The van der Waals surface area contributed by atoms with E-state index in [9.17, 15) is 9.59 Å². The fourth-order valence-electron chi connectivity index (χ4n) is 3.96. The van der Waals surface area contributed by atoms with Crippen molar-refractivity contribution in [2.24, 2.45) is 10.7 Å². The van der Waals surface area contributed by atoms with E-state index in [4.69, 9.17) is 19.9 Å². The van der Waals surface area contributed by atoms with Crippen LogP contribution in [-0.2, 0) is 22.4 Å². The second-order valence-corrected chi connectivity index (χ2v) is 8.79. The first-order valence-corrected chi connectivity index (χ1v) is 11.5. The fourth-order valence-corrected chi connectivity index (χ4v) is 5.20. The summed E-state index contributed by atoms with van der Waals surface area (Å²) in [6, 6.07) is 5.37. The normalized spacial score (nSPS) is 16.1. The van der Waals surface area contributed by atoms with E-state index in [1.54, 1.807) is 41.7 Å². The predicted molar refractivity (Wildman–Crippen MR) is 123 cm³/mol. The molecular weight excluding hydrogens is 430 g/mol. The number of carbonyl (C=O) groups is 2. The predicted octanol–water partition coefficient (Wildman–Crippen LogP) is 2.72. The van der Waals surface area contributed by atoms with Crippen LogP contribution in [0.1, 0.15) is 39.2 Å². The van der Waals surface area contributed by atoms with Gasteiger partial charge in [0.15, 0.2) is 18.1 Å². The van der Waals surface area contributed by atoms with Crippen LogP contribution in [0.3, 0.4) is 0 Å². The lowest BCUT2D eigenvalue weighted by Gasteiger charge is -2.26. The number of hydrogen-bond acceptors (Lipinski definition) is 7. The number of carbonyl (C=O) groups excluding carboxylic acids is 2. The lowest BCUT2D eigenvalue weighted by Crippen LogP contribution is -2.43. The molecule has 1 aromatic heterocycles. The van der Waals surface area contributed by atoms with E-state index in [1.807, 2.05) is 6.07 Å². The first kappa shape index (κ1) is 22.3. The molecule has 1 saturated heterocycles. The van der Waals surface area contributed by atoms with E-state index < -0.39 is 5.91 Å². The number of morpholine rings is 1. The zero-order chi connectivity index (χ0) is 22.5. The van der Waals surface area contributed by atoms with Gasteiger partial charge in [-0.25, -0.2) is 4.99 Å². The molecule has 2 aromatic rings. The highest BCUT2D eigenvalue weighted by molar-refractivity contribution is 7.16. The summed E-state index contributed by atoms with van der Waals surface area (Å²) in [6.07, 6.45) is 5.73. The summed E-state index contributed by atoms with van der Waals surface area (Å²) in [4.78, 5) is 31.9. The van der Waals surface area contributed by atoms with Crippen LogP contribution in [0.2, 0.25) is 0 Å². The van der Waals surface area contributed by atoms with E-state index in [-0.39, 0.29) is 12.5 Å². The summed E-state index contributed by atoms with van der Waals surface area (Å²) in [5.74, 6) is 0.476. The van der Waals surface area contributed by atoms with Crippen LogP contribution in [0, 0.1) is 0 Å². The van der Waals surface area contributed by atoms with Crippen molar-refractivity contribution < 1.29 is 23.8 Å². The number of rotatable bonds is 7. The zero-order valence-corrected chi connectivity index (χ0v) is 18.9. The Morgan fingerprint density at radius 3 is 2.75 bits per heavy atom. The van der Waals surface area contributed by atoms with Gasteiger partial charge >= 0.3 is 0 Å². The Bertz CT molecular complexity index is 1030. The highest BCUT2D eigenvalue weighted by Gasteiger charge is 2.23. The highest BCUT2D eigenvalue weighted by Crippen LogP contribution is 2.39. The van der Waals surface area contributed by atoms with Crippen LogP contribution in [0.5, 0.6) is 11.5 Å². The van der Waals surface area contributed by atoms with Crippen LogP contribution in [-0.4, -0.2) is 62.9 Å². The molecule has 0 unspecified atom stereocenters. The van der Waals surface area contributed by atoms with Gasteiger partial charge in [0, 0.05) is 24.2 Å². The number of nitrogens with zero attached hydrogens (tertiary/aromatic N) is 2. The van der Waals surface area contributed by atoms with Crippen LogP contribution in [0.25, 0.3) is 0 Å². The Labute approximate surface area is 191 Å². The average molecular weight is 458 g/mol. The van der Waals surface area contributed by atoms with Crippen molar-refractivity contribution in [1.82, 2.24) is 4.90 Å². The zero-order valence-electron chi connectivity index (χ0n) is 18.1. The van der Waals surface area contributed by atoms with Gasteiger partial charge in [-0.3, -0.25) is 9.59 Å². The number of amides is 2. The van der Waals surface area contributed by atoms with Crippen molar-refractivity contribution >= 4 is 34.4 Å². The van der Waals surface area contributed by atoms with Crippen molar-refractivity contribution in [3.8, 4) is 11.5 Å². The Hall–Kier alpha value is -2.91. The van der Waals surface area contributed by atoms with Crippen molar-refractivity contribution in [1.29, 1.82) is 0 Å². The van der Waals surface area contributed by atoms with Gasteiger partial charge in [0.25, 0.3) is 11.8 Å². The van der Waals surface area contributed by atoms with Gasteiger partial charge in [0.1, 0.15) is 5.00 Å². The number of aliphatic imine (C=N–C) groups is 1. The quantitative estimate of drug-likeness (QED) is 0.644. The Morgan fingerprint density at radius 2 is 2.00 bits per heavy atom. The number of ether oxygens (including phenoxy) is 3. The van der Waals surface area contributed by atoms with E-state index >= 15 is 0 Å². The van der Waals surface area contributed by atoms with Crippen molar-refractivity contribution in [2.75, 3.05) is 40.0 Å². The van der Waals surface area contributed by atoms with Crippen LogP contribution < -0.4 is 15.2 Å². The van der Waals surface area contributed by atoms with Crippen molar-refractivity contribution in [3.05, 3.63) is 39.8 Å². The molecule has 2 aliphatic rings. The largest absolute Gasteiger partial charge is 0.493 e. The lowest BCUT2D eigenvalue weighted by molar-refractivity contribution is -0.137. The molecular formula is C23H27N3O5S. The molecule has 1 aliphatic carbocycles. The molecule has 0 bridgehead atoms. The first-order chi connectivity index (χ1) is 15.6. The van der Waals surface area contributed by atoms with E-state index in [0.29, 0.717) is 48.4 Å². The fraction of sp³-hybridized carbons (Fsp3) is 0.435. The molecule has 1 aliphatic heterocycles. The van der Waals surface area contributed by atoms with Gasteiger partial charge in [0.05, 0.1) is 25.9 Å². The van der Waals surface area contributed by atoms with Gasteiger partial charge < -0.3 is 24.8 Å². The Balaban J connectivity index is 1.47. The molecule has 1 fully saturated rings. The lowest BCUT2D eigenvalue weighted by atomic mass is 9.95. The molecule has 32 heavy (non-hydrogen) atoms. The smallest absolute Gasteiger partial charge is 0.260 e. The first-order valence-electron chi connectivity index (χ1n) is 10.7. The maximum absolute atomic E-state index is 12.3. The Kier molecular flexibility index (Phi) is 7.06. The summed E-state index contributed by atoms with van der Waals surface area (Å²) >= 11 is 1.54. The van der Waals surface area contributed by atoms with Gasteiger partial charge in [-0.1, -0.05) is 0 Å². The molecule has 170 valence electrons. The maximum atomic E-state index is 12.3. The molecule has 2 N–H and O–H groups in total. The highest BCUT2D eigenvalue weighted by atomic mass is 32.1. The molecule has 0 saturated carbocycles. The molecule has 2 amide bonds. The monoisotopic (exact) mass is 457 g/mol. The topological polar surface area (TPSA) is 103 Å². The second kappa shape index (κ2) is 10.1. The molecule has 0 atom stereocenters. The number of hydrogen-bond donors (Lipinski definition) is 1. The maximum Gasteiger partial charge on any atom is 0.260 e. The molecule has 0 radical (unpaired) electrons. The number of aryl methyl sites for hydroxylation is 1. The minimum Gasteiger partial charge on any atom is -0.493 e. The summed E-state index contributed by atoms with van der Waals surface area (Å²) in [6.45, 7) is 2.19. The number of primary amides is 1. The van der Waals surface area contributed by atoms with E-state index in [0.717, 1.165) is 36.8 Å². The molecule has 9 heteroatoms. The van der Waals surface area contributed by atoms with E-state index in [1.165, 1.54) is 4.88 Å². The number of methoxy groups -OCH3 is 1. The standard InChI is InChI=1S/C23H27N3O5S/c1-29-18-12-15(6-7-17(18)31-14-20(27)26-8-10-30-11-9-26)13-25-23-21(22(24)28)16-4-2-3-5-19(16)32-23/h6-7,12-13H,2-5,8-11,14H2,1H3,(H2,24,28). The van der Waals surface area contributed by atoms with Gasteiger partial charge in [0.2, 0.25) is 0 Å². The third kappa shape index (κ3) is 4.94. The summed E-state index contributed by atoms with van der Waals surface area (Å²) < 4.78 is 16.4. The third-order valence-electron chi connectivity index (χ3n) is 5.63. The van der Waals surface area contributed by atoms with Gasteiger partial charge in [-0.05, 0) is 55.0 Å². The summed E-state index contributed by atoms with van der Waals surface area (Å²) in [5, 5.41) is 0.653. The van der Waals surface area contributed by atoms with Gasteiger partial charge in [-0.15, -0.1) is 11.3 Å². The number of nitrogens with two attached hydrogens (primary N) is 1. The molecule has 4 rings (SSSR count). The number of fused-ring (bicyclic) bond motifs is 1. The van der Waals surface area contributed by atoms with Crippen LogP contribution >= 0.6 is 11.3 Å².